The summed E-state index contributed by atoms with van der Waals surface area (Å²) in [5.41, 5.74) is 6.30. The Kier molecular flexibility index (Phi) is 19.5. The molecule has 9 nitrogen and oxygen atoms in total. The molecule has 1 saturated heterocycles. The van der Waals surface area contributed by atoms with Crippen LogP contribution in [0.3, 0.4) is 0 Å². The van der Waals surface area contributed by atoms with Crippen LogP contribution in [-0.4, -0.2) is 64.1 Å². The maximum Gasteiger partial charge on any atom is 0.317 e. The number of phenolic OH excluding ortho intramolecular Hbond substituents is 1. The lowest BCUT2D eigenvalue weighted by Gasteiger charge is -2.47. The fourth-order valence-electron chi connectivity index (χ4n) is 10.2. The Morgan fingerprint density at radius 3 is 1.42 bits per heavy atom. The first-order valence-electron chi connectivity index (χ1n) is 25.5. The van der Waals surface area contributed by atoms with Crippen molar-refractivity contribution in [3.8, 4) is 17.2 Å². The normalized spacial score (nSPS) is 19.6. The van der Waals surface area contributed by atoms with Crippen molar-refractivity contribution in [1.29, 1.82) is 0 Å². The van der Waals surface area contributed by atoms with E-state index in [-0.39, 0.29) is 34.9 Å². The monoisotopic (exact) mass is 1020 g/mol. The van der Waals surface area contributed by atoms with Gasteiger partial charge in [-0.15, -0.1) is 0 Å². The third kappa shape index (κ3) is 18.5. The van der Waals surface area contributed by atoms with Crippen molar-refractivity contribution in [2.45, 2.75) is 200 Å². The summed E-state index contributed by atoms with van der Waals surface area (Å²) < 4.78 is 51.4. The maximum absolute atomic E-state index is 10.1. The Morgan fingerprint density at radius 1 is 0.522 bits per heavy atom. The van der Waals surface area contributed by atoms with Gasteiger partial charge in [-0.2, -0.15) is 0 Å². The molecule has 0 saturated carbocycles. The molecule has 4 aromatic rings. The lowest BCUT2D eigenvalue weighted by molar-refractivity contribution is -0.140. The van der Waals surface area contributed by atoms with Gasteiger partial charge in [0.05, 0.1) is 12.2 Å². The zero-order valence-corrected chi connectivity index (χ0v) is 49.4. The molecule has 382 valence electrons. The summed E-state index contributed by atoms with van der Waals surface area (Å²) in [7, 11) is -9.76. The summed E-state index contributed by atoms with van der Waals surface area (Å²) in [5, 5.41) is 10.1. The van der Waals surface area contributed by atoms with E-state index in [1.807, 2.05) is 34.6 Å². The van der Waals surface area contributed by atoms with E-state index in [2.05, 4.69) is 165 Å². The Hall–Kier alpha value is -3.09. The van der Waals surface area contributed by atoms with Crippen LogP contribution in [0.4, 0.5) is 0 Å². The summed E-state index contributed by atoms with van der Waals surface area (Å²) in [6.45, 7) is 36.8. The minimum absolute atomic E-state index is 0.0629. The fourth-order valence-corrected chi connectivity index (χ4v) is 31.8. The lowest BCUT2D eigenvalue weighted by atomic mass is 9.74. The highest BCUT2D eigenvalue weighted by Crippen LogP contribution is 2.43. The summed E-state index contributed by atoms with van der Waals surface area (Å²) in [6, 6.07) is 35.3. The SMILES string of the molecule is CCC(CC(CC(CC(C)c1ccc(O)cc1)c1ccc(OC(C)OC(C)(C)C)cc1)c1ccc(C(C)(C)C)cc1)c1ccc(OC(C)OCCC[Si]2(C)O[Si](C)(C)O[Si](C)(C)O[Si](C)(C)O2)cc1. The van der Waals surface area contributed by atoms with Gasteiger partial charge in [0.25, 0.3) is 0 Å². The molecule has 0 spiro atoms. The molecular formula is C56H88O9Si4. The van der Waals surface area contributed by atoms with Crippen LogP contribution in [0.2, 0.25) is 51.9 Å². The van der Waals surface area contributed by atoms with E-state index in [9.17, 15) is 5.11 Å². The molecule has 5 rings (SSSR count). The largest absolute Gasteiger partial charge is 0.508 e. The van der Waals surface area contributed by atoms with Gasteiger partial charge in [0.15, 0.2) is 12.6 Å². The first-order chi connectivity index (χ1) is 32.0. The molecule has 1 fully saturated rings. The van der Waals surface area contributed by atoms with Crippen LogP contribution in [0.15, 0.2) is 97.1 Å². The van der Waals surface area contributed by atoms with Gasteiger partial charge in [-0.1, -0.05) is 95.3 Å². The van der Waals surface area contributed by atoms with Crippen LogP contribution in [-0.2, 0) is 31.3 Å². The van der Waals surface area contributed by atoms with Crippen LogP contribution in [0.5, 0.6) is 17.2 Å². The van der Waals surface area contributed by atoms with Crippen LogP contribution >= 0.6 is 0 Å². The molecule has 0 bridgehead atoms. The van der Waals surface area contributed by atoms with Crippen LogP contribution in [0.1, 0.15) is 153 Å². The molecule has 0 radical (unpaired) electrons. The molecule has 1 aliphatic rings. The number of phenols is 1. The molecule has 0 aromatic heterocycles. The molecular weight excluding hydrogens is 929 g/mol. The van der Waals surface area contributed by atoms with Crippen molar-refractivity contribution in [2.75, 3.05) is 6.61 Å². The Labute approximate surface area is 421 Å². The highest BCUT2D eigenvalue weighted by atomic mass is 28.5. The second-order valence-corrected chi connectivity index (χ2v) is 37.5. The lowest BCUT2D eigenvalue weighted by Crippen LogP contribution is -2.65. The number of hydrogen-bond acceptors (Lipinski definition) is 9. The van der Waals surface area contributed by atoms with Crippen molar-refractivity contribution < 1.29 is 40.5 Å². The molecule has 69 heavy (non-hydrogen) atoms. The van der Waals surface area contributed by atoms with E-state index in [1.54, 1.807) is 12.1 Å². The molecule has 1 N–H and O–H groups in total. The molecule has 0 aliphatic carbocycles. The molecule has 6 unspecified atom stereocenters. The quantitative estimate of drug-likeness (QED) is 0.0497. The first-order valence-corrected chi connectivity index (χ1v) is 36.5. The van der Waals surface area contributed by atoms with Gasteiger partial charge >= 0.3 is 34.2 Å². The molecule has 13 heteroatoms. The highest BCUT2D eigenvalue weighted by Gasteiger charge is 2.52. The van der Waals surface area contributed by atoms with E-state index in [0.29, 0.717) is 18.4 Å². The predicted octanol–water partition coefficient (Wildman–Crippen LogP) is 15.7. The average Bonchev–Trinajstić information content (AvgIpc) is 3.21. The van der Waals surface area contributed by atoms with Crippen LogP contribution in [0, 0.1) is 0 Å². The van der Waals surface area contributed by atoms with E-state index in [4.69, 9.17) is 35.4 Å². The van der Waals surface area contributed by atoms with Gasteiger partial charge in [0.1, 0.15) is 17.2 Å². The van der Waals surface area contributed by atoms with Gasteiger partial charge in [-0.05, 0) is 212 Å². The third-order valence-electron chi connectivity index (χ3n) is 12.8. The van der Waals surface area contributed by atoms with Crippen molar-refractivity contribution in [1.82, 2.24) is 0 Å². The molecule has 6 atom stereocenters. The summed E-state index contributed by atoms with van der Waals surface area (Å²) in [5.74, 6) is 3.04. The summed E-state index contributed by atoms with van der Waals surface area (Å²) in [4.78, 5) is 0. The number of ether oxygens (including phenoxy) is 4. The number of hydrogen-bond donors (Lipinski definition) is 1. The first kappa shape index (κ1) is 56.8. The average molecular weight is 1020 g/mol. The van der Waals surface area contributed by atoms with Crippen LogP contribution in [0.25, 0.3) is 0 Å². The van der Waals surface area contributed by atoms with Crippen LogP contribution < -0.4 is 9.47 Å². The van der Waals surface area contributed by atoms with Gasteiger partial charge < -0.3 is 40.5 Å². The van der Waals surface area contributed by atoms with Gasteiger partial charge in [-0.25, -0.2) is 0 Å². The van der Waals surface area contributed by atoms with E-state index in [0.717, 1.165) is 49.6 Å². The van der Waals surface area contributed by atoms with Crippen molar-refractivity contribution >= 4 is 34.2 Å². The van der Waals surface area contributed by atoms with Crippen molar-refractivity contribution in [3.63, 3.8) is 0 Å². The standard InChI is InChI=1S/C56H88O9Si4/c1-18-44(46-24-32-53(33-25-46)59-42(3)58-36-19-37-69(17)64-67(13,14)62-66(11,12)63-68(15,16)65-69)39-50(47-20-28-51(29-21-47)55(5,6)7)40-49(38-41(2)45-22-30-52(57)31-23-45)48-26-34-54(35-27-48)60-43(4)61-56(8,9)10/h20-35,41-44,49-50,57H,18-19,36-40H2,1-17H3. The molecule has 4 aromatic carbocycles. The zero-order chi connectivity index (χ0) is 51.0. The number of rotatable bonds is 21. The maximum atomic E-state index is 10.1. The fraction of sp³-hybridized carbons (Fsp3) is 0.571. The summed E-state index contributed by atoms with van der Waals surface area (Å²) in [6.07, 6.45) is 3.97. The smallest absolute Gasteiger partial charge is 0.317 e. The predicted molar refractivity (Wildman–Crippen MR) is 292 cm³/mol. The van der Waals surface area contributed by atoms with E-state index < -0.39 is 40.5 Å². The minimum atomic E-state index is -2.57. The van der Waals surface area contributed by atoms with Crippen molar-refractivity contribution in [3.05, 3.63) is 125 Å². The number of benzene rings is 4. The van der Waals surface area contributed by atoms with Gasteiger partial charge in [0, 0.05) is 0 Å². The summed E-state index contributed by atoms with van der Waals surface area (Å²) >= 11 is 0. The van der Waals surface area contributed by atoms with E-state index >= 15 is 0 Å². The number of aromatic hydroxyl groups is 1. The Balaban J connectivity index is 1.31. The molecule has 1 aliphatic heterocycles. The third-order valence-corrected chi connectivity index (χ3v) is 29.4. The Bertz CT molecular complexity index is 2140. The highest BCUT2D eigenvalue weighted by molar-refractivity contribution is 6.93. The topological polar surface area (TPSA) is 94.1 Å². The van der Waals surface area contributed by atoms with Crippen molar-refractivity contribution in [2.24, 2.45) is 0 Å². The second-order valence-electron chi connectivity index (χ2n) is 23.0. The minimum Gasteiger partial charge on any atom is -0.508 e. The second kappa shape index (κ2) is 23.6. The molecule has 1 heterocycles. The zero-order valence-electron chi connectivity index (χ0n) is 45.4. The Morgan fingerprint density at radius 2 is 0.942 bits per heavy atom. The van der Waals surface area contributed by atoms with Gasteiger partial charge in [-0.3, -0.25) is 0 Å². The van der Waals surface area contributed by atoms with Gasteiger partial charge in [0.2, 0.25) is 0 Å². The van der Waals surface area contributed by atoms with E-state index in [1.165, 1.54) is 27.8 Å². The molecule has 0 amide bonds.